The maximum Gasteiger partial charge on any atom is 0.278 e. The Bertz CT molecular complexity index is 944. The zero-order valence-electron chi connectivity index (χ0n) is 17.6. The summed E-state index contributed by atoms with van der Waals surface area (Å²) in [6, 6.07) is 17.2. The van der Waals surface area contributed by atoms with Gasteiger partial charge in [-0.3, -0.25) is 14.5 Å². The second-order valence-corrected chi connectivity index (χ2v) is 7.80. The highest BCUT2D eigenvalue weighted by atomic mass is 16.5. The number of amides is 2. The molecule has 156 valence electrons. The zero-order valence-corrected chi connectivity index (χ0v) is 17.6. The van der Waals surface area contributed by atoms with Crippen molar-refractivity contribution in [1.82, 2.24) is 4.90 Å². The molecule has 0 aromatic heterocycles. The first kappa shape index (κ1) is 20.2. The molecule has 2 aromatic carbocycles. The topological polar surface area (TPSA) is 49.9 Å². The molecule has 0 radical (unpaired) electrons. The van der Waals surface area contributed by atoms with Crippen LogP contribution in [0.15, 0.2) is 60.3 Å². The lowest BCUT2D eigenvalue weighted by molar-refractivity contribution is -0.140. The lowest BCUT2D eigenvalue weighted by Gasteiger charge is -2.31. The second kappa shape index (κ2) is 8.74. The number of benzene rings is 2. The second-order valence-electron chi connectivity index (χ2n) is 7.80. The minimum absolute atomic E-state index is 0.0148. The predicted molar refractivity (Wildman–Crippen MR) is 118 cm³/mol. The van der Waals surface area contributed by atoms with E-state index in [0.717, 1.165) is 42.7 Å². The van der Waals surface area contributed by atoms with Crippen molar-refractivity contribution in [3.8, 4) is 5.75 Å². The van der Waals surface area contributed by atoms with E-state index in [1.54, 1.807) is 7.11 Å². The Morgan fingerprint density at radius 3 is 2.20 bits per heavy atom. The van der Waals surface area contributed by atoms with Gasteiger partial charge in [0.2, 0.25) is 0 Å². The fraction of sp³-hybridized carbons (Fsp3) is 0.360. The Morgan fingerprint density at radius 1 is 0.933 bits per heavy atom. The number of carbonyl (C=O) groups excluding carboxylic acids is 2. The number of rotatable bonds is 6. The fourth-order valence-corrected chi connectivity index (χ4v) is 4.55. The van der Waals surface area contributed by atoms with E-state index < -0.39 is 0 Å². The molecule has 0 atom stereocenters. The molecule has 2 amide bonds. The van der Waals surface area contributed by atoms with Crippen LogP contribution < -0.4 is 9.64 Å². The van der Waals surface area contributed by atoms with Crippen LogP contribution in [0.4, 0.5) is 5.69 Å². The van der Waals surface area contributed by atoms with Gasteiger partial charge in [0.15, 0.2) is 0 Å². The van der Waals surface area contributed by atoms with Gasteiger partial charge in [-0.2, -0.15) is 0 Å². The Hall–Kier alpha value is -3.08. The Morgan fingerprint density at radius 2 is 1.60 bits per heavy atom. The van der Waals surface area contributed by atoms with Crippen LogP contribution in [-0.4, -0.2) is 36.4 Å². The third kappa shape index (κ3) is 3.60. The van der Waals surface area contributed by atoms with Gasteiger partial charge in [0.25, 0.3) is 11.8 Å². The molecule has 4 rings (SSSR count). The summed E-state index contributed by atoms with van der Waals surface area (Å²) in [7, 11) is 1.61. The first-order valence-electron chi connectivity index (χ1n) is 10.7. The van der Waals surface area contributed by atoms with E-state index in [0.29, 0.717) is 17.8 Å². The summed E-state index contributed by atoms with van der Waals surface area (Å²) in [6.07, 6.45) is 5.07. The molecule has 0 spiro atoms. The molecule has 5 heteroatoms. The van der Waals surface area contributed by atoms with Crippen LogP contribution in [0.1, 0.15) is 44.6 Å². The molecule has 0 N–H and O–H groups in total. The van der Waals surface area contributed by atoms with E-state index in [2.05, 4.69) is 0 Å². The normalized spacial score (nSPS) is 17.6. The molecule has 1 aliphatic carbocycles. The van der Waals surface area contributed by atoms with E-state index in [1.807, 2.05) is 66.4 Å². The molecular weight excluding hydrogens is 376 g/mol. The molecule has 1 heterocycles. The maximum absolute atomic E-state index is 13.7. The molecule has 0 saturated heterocycles. The van der Waals surface area contributed by atoms with E-state index >= 15 is 0 Å². The van der Waals surface area contributed by atoms with Gasteiger partial charge < -0.3 is 9.64 Å². The van der Waals surface area contributed by atoms with E-state index in [-0.39, 0.29) is 17.9 Å². The van der Waals surface area contributed by atoms with Gasteiger partial charge in [-0.15, -0.1) is 0 Å². The lowest BCUT2D eigenvalue weighted by Crippen LogP contribution is -2.43. The summed E-state index contributed by atoms with van der Waals surface area (Å²) < 4.78 is 5.27. The largest absolute Gasteiger partial charge is 0.497 e. The maximum atomic E-state index is 13.7. The van der Waals surface area contributed by atoms with E-state index in [1.165, 1.54) is 11.3 Å². The molecule has 0 unspecified atom stereocenters. The van der Waals surface area contributed by atoms with Crippen molar-refractivity contribution < 1.29 is 14.3 Å². The van der Waals surface area contributed by atoms with Crippen LogP contribution in [0.5, 0.6) is 5.75 Å². The standard InChI is InChI=1S/C25H28N2O3/c1-3-26(19-10-6-4-7-11-19)23-22(18-14-16-21(30-2)17-15-18)24(28)27(25(23)29)20-12-8-5-9-13-20/h4,6-7,10-11,14-17,20H,3,5,8-9,12-13H2,1-2H3. The number of para-hydroxylation sites is 1. The number of methoxy groups -OCH3 is 1. The summed E-state index contributed by atoms with van der Waals surface area (Å²) in [5.41, 5.74) is 2.62. The third-order valence-corrected chi connectivity index (χ3v) is 6.06. The highest BCUT2D eigenvalue weighted by Gasteiger charge is 2.44. The number of hydrogen-bond donors (Lipinski definition) is 0. The first-order chi connectivity index (χ1) is 14.7. The molecule has 1 fully saturated rings. The van der Waals surface area contributed by atoms with E-state index in [9.17, 15) is 9.59 Å². The van der Waals surface area contributed by atoms with Crippen molar-refractivity contribution in [2.75, 3.05) is 18.6 Å². The Labute approximate surface area is 177 Å². The van der Waals surface area contributed by atoms with Crippen LogP contribution >= 0.6 is 0 Å². The number of likely N-dealkylation sites (N-methyl/N-ethyl adjacent to an activating group) is 1. The number of hydrogen-bond acceptors (Lipinski definition) is 4. The monoisotopic (exact) mass is 404 g/mol. The Balaban J connectivity index is 1.83. The number of imide groups is 1. The lowest BCUT2D eigenvalue weighted by atomic mass is 9.94. The van der Waals surface area contributed by atoms with Gasteiger partial charge in [-0.1, -0.05) is 49.6 Å². The van der Waals surface area contributed by atoms with E-state index in [4.69, 9.17) is 4.74 Å². The fourth-order valence-electron chi connectivity index (χ4n) is 4.55. The average Bonchev–Trinajstić information content (AvgIpc) is 3.06. The molecule has 30 heavy (non-hydrogen) atoms. The van der Waals surface area contributed by atoms with Crippen molar-refractivity contribution in [2.24, 2.45) is 0 Å². The van der Waals surface area contributed by atoms with Crippen molar-refractivity contribution in [3.63, 3.8) is 0 Å². The minimum Gasteiger partial charge on any atom is -0.497 e. The SMILES string of the molecule is CCN(C1=C(c2ccc(OC)cc2)C(=O)N(C2CCCCC2)C1=O)c1ccccc1. The Kier molecular flexibility index (Phi) is 5.88. The van der Waals surface area contributed by atoms with Gasteiger partial charge in [-0.25, -0.2) is 0 Å². The van der Waals surface area contributed by atoms with Crippen LogP contribution in [-0.2, 0) is 9.59 Å². The molecule has 1 saturated carbocycles. The van der Waals surface area contributed by atoms with Crippen LogP contribution in [0.25, 0.3) is 5.57 Å². The average molecular weight is 405 g/mol. The highest BCUT2D eigenvalue weighted by molar-refractivity contribution is 6.36. The van der Waals surface area contributed by atoms with Crippen LogP contribution in [0.2, 0.25) is 0 Å². The summed E-state index contributed by atoms with van der Waals surface area (Å²) in [6.45, 7) is 2.60. The van der Waals surface area contributed by atoms with Gasteiger partial charge in [0.05, 0.1) is 12.7 Å². The molecule has 5 nitrogen and oxygen atoms in total. The van der Waals surface area contributed by atoms with Gasteiger partial charge in [0, 0.05) is 18.3 Å². The minimum atomic E-state index is -0.179. The number of anilines is 1. The van der Waals surface area contributed by atoms with Crippen LogP contribution in [0.3, 0.4) is 0 Å². The summed E-state index contributed by atoms with van der Waals surface area (Å²) >= 11 is 0. The number of nitrogens with zero attached hydrogens (tertiary/aromatic N) is 2. The quantitative estimate of drug-likeness (QED) is 0.659. The third-order valence-electron chi connectivity index (χ3n) is 6.06. The van der Waals surface area contributed by atoms with Gasteiger partial charge >= 0.3 is 0 Å². The molecule has 2 aliphatic rings. The van der Waals surface area contributed by atoms with Crippen molar-refractivity contribution in [2.45, 2.75) is 45.1 Å². The van der Waals surface area contributed by atoms with Crippen LogP contribution in [0, 0.1) is 0 Å². The molecule has 2 aromatic rings. The summed E-state index contributed by atoms with van der Waals surface area (Å²) in [5, 5.41) is 0. The molecular formula is C25H28N2O3. The number of ether oxygens (including phenoxy) is 1. The smallest absolute Gasteiger partial charge is 0.278 e. The van der Waals surface area contributed by atoms with Crippen molar-refractivity contribution in [1.29, 1.82) is 0 Å². The summed E-state index contributed by atoms with van der Waals surface area (Å²) in [4.78, 5) is 30.8. The zero-order chi connectivity index (χ0) is 21.1. The highest BCUT2D eigenvalue weighted by Crippen LogP contribution is 2.38. The molecule has 0 bridgehead atoms. The first-order valence-corrected chi connectivity index (χ1v) is 10.7. The van der Waals surface area contributed by atoms with Crippen molar-refractivity contribution >= 4 is 23.1 Å². The predicted octanol–water partition coefficient (Wildman–Crippen LogP) is 4.63. The van der Waals surface area contributed by atoms with Crippen molar-refractivity contribution in [3.05, 3.63) is 65.9 Å². The number of carbonyl (C=O) groups is 2. The van der Waals surface area contributed by atoms with Gasteiger partial charge in [-0.05, 0) is 49.6 Å². The molecule has 1 aliphatic heterocycles. The summed E-state index contributed by atoms with van der Waals surface area (Å²) in [5.74, 6) is 0.363. The van der Waals surface area contributed by atoms with Gasteiger partial charge in [0.1, 0.15) is 11.4 Å².